The normalized spacial score (nSPS) is 16.0. The van der Waals surface area contributed by atoms with Gasteiger partial charge in [0.2, 0.25) is 0 Å². The van der Waals surface area contributed by atoms with Crippen LogP contribution in [0, 0.1) is 17.3 Å². The van der Waals surface area contributed by atoms with E-state index in [-0.39, 0.29) is 11.2 Å². The van der Waals surface area contributed by atoms with Gasteiger partial charge >= 0.3 is 0 Å². The Morgan fingerprint density at radius 2 is 2.14 bits per heavy atom. The first-order valence-corrected chi connectivity index (χ1v) is 6.91. The first-order chi connectivity index (χ1) is 9.93. The minimum absolute atomic E-state index is 0.00321. The largest absolute Gasteiger partial charge is 0.384 e. The highest BCUT2D eigenvalue weighted by atomic mass is 16.1. The van der Waals surface area contributed by atoms with E-state index in [0.717, 1.165) is 17.8 Å². The summed E-state index contributed by atoms with van der Waals surface area (Å²) in [5, 5.41) is 0. The quantitative estimate of drug-likeness (QED) is 0.754. The van der Waals surface area contributed by atoms with E-state index in [9.17, 15) is 4.79 Å². The van der Waals surface area contributed by atoms with Crippen LogP contribution < -0.4 is 5.73 Å². The first-order valence-electron chi connectivity index (χ1n) is 6.91. The van der Waals surface area contributed by atoms with Crippen molar-refractivity contribution in [3.05, 3.63) is 47.4 Å². The summed E-state index contributed by atoms with van der Waals surface area (Å²) in [6, 6.07) is 7.22. The van der Waals surface area contributed by atoms with Crippen LogP contribution in [-0.4, -0.2) is 15.3 Å². The van der Waals surface area contributed by atoms with Gasteiger partial charge in [-0.25, -0.2) is 4.98 Å². The molecule has 2 aromatic rings. The molecule has 0 aromatic carbocycles. The van der Waals surface area contributed by atoms with E-state index >= 15 is 0 Å². The lowest BCUT2D eigenvalue weighted by Gasteiger charge is -2.30. The Labute approximate surface area is 124 Å². The number of Topliss-reactive ketones (excluding diaryl/α,β-unsaturated/α-hetero) is 1. The Balaban J connectivity index is 1.92. The van der Waals surface area contributed by atoms with Gasteiger partial charge in [0.05, 0.1) is 5.69 Å². The highest BCUT2D eigenvalue weighted by Gasteiger charge is 2.30. The fraction of sp³-hybridized carbons (Fsp3) is 0.294. The molecule has 2 aromatic heterocycles. The molecule has 0 radical (unpaired) electrons. The maximum Gasteiger partial charge on any atom is 0.179 e. The van der Waals surface area contributed by atoms with Crippen molar-refractivity contribution in [1.29, 1.82) is 0 Å². The number of hydrogen-bond acceptors (Lipinski definition) is 3. The van der Waals surface area contributed by atoms with Crippen LogP contribution in [0.1, 0.15) is 42.0 Å². The second-order valence-corrected chi connectivity index (χ2v) is 6.20. The van der Waals surface area contributed by atoms with Crippen molar-refractivity contribution in [2.24, 2.45) is 5.41 Å². The zero-order chi connectivity index (χ0) is 15.0. The number of carbonyl (C=O) groups excluding carboxylic acids is 1. The van der Waals surface area contributed by atoms with E-state index in [1.54, 1.807) is 6.07 Å². The molecule has 0 aliphatic carbocycles. The standard InChI is InChI=1S/C17H17N3O/c1-17(2)9-15(21)14-8-12(10-20(14)11-17)6-7-13-4-3-5-16(18)19-13/h3-5,8,10H,9,11H2,1-2H3,(H2,18,19). The van der Waals surface area contributed by atoms with Gasteiger partial charge in [0.25, 0.3) is 0 Å². The number of hydrogen-bond donors (Lipinski definition) is 1. The van der Waals surface area contributed by atoms with Crippen molar-refractivity contribution in [3.63, 3.8) is 0 Å². The molecule has 4 nitrogen and oxygen atoms in total. The molecule has 0 atom stereocenters. The third-order valence-electron chi connectivity index (χ3n) is 3.53. The summed E-state index contributed by atoms with van der Waals surface area (Å²) >= 11 is 0. The molecule has 0 spiro atoms. The lowest BCUT2D eigenvalue weighted by Crippen LogP contribution is -2.30. The molecule has 0 saturated carbocycles. The van der Waals surface area contributed by atoms with Gasteiger partial charge < -0.3 is 10.3 Å². The average Bonchev–Trinajstić information content (AvgIpc) is 2.78. The van der Waals surface area contributed by atoms with E-state index in [2.05, 4.69) is 30.7 Å². The smallest absolute Gasteiger partial charge is 0.179 e. The van der Waals surface area contributed by atoms with E-state index in [1.165, 1.54) is 0 Å². The number of nitrogens with zero attached hydrogens (tertiary/aromatic N) is 2. The Bertz CT molecular complexity index is 775. The number of ketones is 1. The molecule has 3 rings (SSSR count). The molecular formula is C17H17N3O. The third kappa shape index (κ3) is 2.82. The highest BCUT2D eigenvalue weighted by molar-refractivity contribution is 5.96. The van der Waals surface area contributed by atoms with Crippen molar-refractivity contribution >= 4 is 11.6 Å². The van der Waals surface area contributed by atoms with Crippen molar-refractivity contribution < 1.29 is 4.79 Å². The maximum absolute atomic E-state index is 12.1. The monoisotopic (exact) mass is 279 g/mol. The topological polar surface area (TPSA) is 60.9 Å². The van der Waals surface area contributed by atoms with Crippen LogP contribution in [0.5, 0.6) is 0 Å². The molecule has 2 N–H and O–H groups in total. The van der Waals surface area contributed by atoms with E-state index in [4.69, 9.17) is 5.73 Å². The molecule has 0 saturated heterocycles. The number of pyridine rings is 1. The van der Waals surface area contributed by atoms with Gasteiger partial charge in [-0.05, 0) is 29.5 Å². The van der Waals surface area contributed by atoms with Crippen molar-refractivity contribution in [3.8, 4) is 11.8 Å². The second kappa shape index (κ2) is 4.78. The van der Waals surface area contributed by atoms with Crippen LogP contribution in [0.3, 0.4) is 0 Å². The van der Waals surface area contributed by atoms with Crippen LogP contribution in [0.25, 0.3) is 0 Å². The number of carbonyl (C=O) groups is 1. The third-order valence-corrected chi connectivity index (χ3v) is 3.53. The lowest BCUT2D eigenvalue weighted by molar-refractivity contribution is 0.0870. The number of nitrogen functional groups attached to an aromatic ring is 1. The fourth-order valence-electron chi connectivity index (χ4n) is 2.64. The fourth-order valence-corrected chi connectivity index (χ4v) is 2.64. The van der Waals surface area contributed by atoms with Crippen LogP contribution in [0.2, 0.25) is 0 Å². The zero-order valence-corrected chi connectivity index (χ0v) is 12.2. The molecule has 106 valence electrons. The molecule has 0 amide bonds. The highest BCUT2D eigenvalue weighted by Crippen LogP contribution is 2.31. The van der Waals surface area contributed by atoms with Gasteiger partial charge in [-0.2, -0.15) is 0 Å². The summed E-state index contributed by atoms with van der Waals surface area (Å²) in [6.07, 6.45) is 2.52. The summed E-state index contributed by atoms with van der Waals surface area (Å²) in [5.74, 6) is 6.67. The summed E-state index contributed by atoms with van der Waals surface area (Å²) in [7, 11) is 0. The number of aromatic nitrogens is 2. The molecule has 0 fully saturated rings. The van der Waals surface area contributed by atoms with E-state index in [1.807, 2.05) is 29.0 Å². The average molecular weight is 279 g/mol. The van der Waals surface area contributed by atoms with Crippen molar-refractivity contribution in [2.45, 2.75) is 26.8 Å². The Morgan fingerprint density at radius 3 is 2.90 bits per heavy atom. The van der Waals surface area contributed by atoms with Gasteiger partial charge in [0, 0.05) is 24.7 Å². The molecule has 4 heteroatoms. The number of nitrogens with two attached hydrogens (primary N) is 1. The van der Waals surface area contributed by atoms with Gasteiger partial charge in [-0.15, -0.1) is 0 Å². The molecule has 1 aliphatic heterocycles. The maximum atomic E-state index is 12.1. The van der Waals surface area contributed by atoms with Gasteiger partial charge in [-0.3, -0.25) is 4.79 Å². The van der Waals surface area contributed by atoms with Crippen LogP contribution in [0.15, 0.2) is 30.5 Å². The van der Waals surface area contributed by atoms with Crippen molar-refractivity contribution in [2.75, 3.05) is 5.73 Å². The minimum atomic E-state index is 0.00321. The molecule has 21 heavy (non-hydrogen) atoms. The first kappa shape index (κ1) is 13.4. The molecule has 3 heterocycles. The van der Waals surface area contributed by atoms with Gasteiger partial charge in [-0.1, -0.05) is 25.8 Å². The number of rotatable bonds is 0. The number of anilines is 1. The van der Waals surface area contributed by atoms with Crippen molar-refractivity contribution in [1.82, 2.24) is 9.55 Å². The lowest BCUT2D eigenvalue weighted by atomic mass is 9.84. The van der Waals surface area contributed by atoms with E-state index in [0.29, 0.717) is 17.9 Å². The molecule has 0 bridgehead atoms. The summed E-state index contributed by atoms with van der Waals surface area (Å²) in [4.78, 5) is 16.3. The Morgan fingerprint density at radius 1 is 1.33 bits per heavy atom. The van der Waals surface area contributed by atoms with Gasteiger partial charge in [0.15, 0.2) is 5.78 Å². The predicted molar refractivity (Wildman–Crippen MR) is 81.8 cm³/mol. The SMILES string of the molecule is CC1(C)CC(=O)c2cc(C#Cc3cccc(N)n3)cn2C1. The zero-order valence-electron chi connectivity index (χ0n) is 12.2. The van der Waals surface area contributed by atoms with Crippen LogP contribution in [0.4, 0.5) is 5.82 Å². The Kier molecular flexibility index (Phi) is 3.06. The van der Waals surface area contributed by atoms with E-state index < -0.39 is 0 Å². The second-order valence-electron chi connectivity index (χ2n) is 6.20. The predicted octanol–water partition coefficient (Wildman–Crippen LogP) is 2.48. The molecular weight excluding hydrogens is 262 g/mol. The Hall–Kier alpha value is -2.54. The van der Waals surface area contributed by atoms with Crippen LogP contribution in [-0.2, 0) is 6.54 Å². The summed E-state index contributed by atoms with van der Waals surface area (Å²) in [5.41, 5.74) is 7.84. The molecule has 0 unspecified atom stereocenters. The summed E-state index contributed by atoms with van der Waals surface area (Å²) < 4.78 is 2.00. The molecule has 1 aliphatic rings. The summed E-state index contributed by atoms with van der Waals surface area (Å²) in [6.45, 7) is 5.05. The minimum Gasteiger partial charge on any atom is -0.384 e. The number of fused-ring (bicyclic) bond motifs is 1. The van der Waals surface area contributed by atoms with Gasteiger partial charge in [0.1, 0.15) is 11.5 Å². The van der Waals surface area contributed by atoms with Crippen LogP contribution >= 0.6 is 0 Å².